The van der Waals surface area contributed by atoms with Gasteiger partial charge in [0.1, 0.15) is 30.0 Å². The van der Waals surface area contributed by atoms with Crippen molar-refractivity contribution in [2.45, 2.75) is 32.1 Å². The highest BCUT2D eigenvalue weighted by atomic mass is 16.5. The van der Waals surface area contributed by atoms with Crippen LogP contribution in [0.1, 0.15) is 13.8 Å². The predicted molar refractivity (Wildman–Crippen MR) is 101 cm³/mol. The number of rotatable bonds is 7. The standard InChI is InChI=1S/C21H27NO4/c1-16-14-24-17(2)12-22(16)13-18(23)15-25-19-8-10-21(11-9-19)26-20-6-4-3-5-7-20/h3-11,16-18,23H,12-15H2,1-2H3/t16-,17-,18-/m1/s1. The number of β-amino-alcohol motifs (C(OH)–C–C–N with tert-alkyl or cyclic N) is 1. The first-order valence-electron chi connectivity index (χ1n) is 9.09. The summed E-state index contributed by atoms with van der Waals surface area (Å²) >= 11 is 0. The Morgan fingerprint density at radius 3 is 2.42 bits per heavy atom. The van der Waals surface area contributed by atoms with Gasteiger partial charge in [0.15, 0.2) is 0 Å². The lowest BCUT2D eigenvalue weighted by molar-refractivity contribution is -0.0650. The maximum absolute atomic E-state index is 10.3. The topological polar surface area (TPSA) is 51.2 Å². The normalized spacial score (nSPS) is 22.0. The smallest absolute Gasteiger partial charge is 0.127 e. The second-order valence-corrected chi connectivity index (χ2v) is 6.80. The maximum Gasteiger partial charge on any atom is 0.127 e. The minimum atomic E-state index is -0.539. The van der Waals surface area contributed by atoms with Gasteiger partial charge in [-0.05, 0) is 50.2 Å². The molecule has 3 rings (SSSR count). The maximum atomic E-state index is 10.3. The van der Waals surface area contributed by atoms with Crippen LogP contribution in [0, 0.1) is 0 Å². The fourth-order valence-electron chi connectivity index (χ4n) is 2.97. The van der Waals surface area contributed by atoms with Crippen molar-refractivity contribution in [3.05, 3.63) is 54.6 Å². The summed E-state index contributed by atoms with van der Waals surface area (Å²) in [6.45, 7) is 6.56. The molecule has 0 unspecified atom stereocenters. The summed E-state index contributed by atoms with van der Waals surface area (Å²) in [5, 5.41) is 10.3. The van der Waals surface area contributed by atoms with Crippen molar-refractivity contribution in [2.75, 3.05) is 26.3 Å². The van der Waals surface area contributed by atoms with Crippen molar-refractivity contribution >= 4 is 0 Å². The predicted octanol–water partition coefficient (Wildman–Crippen LogP) is 3.33. The van der Waals surface area contributed by atoms with Gasteiger partial charge in [-0.25, -0.2) is 0 Å². The Labute approximate surface area is 155 Å². The second kappa shape index (κ2) is 9.03. The number of aliphatic hydroxyl groups excluding tert-OH is 1. The van der Waals surface area contributed by atoms with E-state index in [0.717, 1.165) is 18.0 Å². The molecule has 1 heterocycles. The minimum Gasteiger partial charge on any atom is -0.491 e. The Hall–Kier alpha value is -2.08. The molecule has 1 saturated heterocycles. The molecule has 0 saturated carbocycles. The fraction of sp³-hybridized carbons (Fsp3) is 0.429. The number of para-hydroxylation sites is 1. The largest absolute Gasteiger partial charge is 0.491 e. The molecule has 1 N–H and O–H groups in total. The lowest BCUT2D eigenvalue weighted by Gasteiger charge is -2.37. The van der Waals surface area contributed by atoms with Crippen molar-refractivity contribution in [1.82, 2.24) is 4.90 Å². The molecular formula is C21H27NO4. The van der Waals surface area contributed by atoms with Gasteiger partial charge < -0.3 is 19.3 Å². The van der Waals surface area contributed by atoms with Crippen molar-refractivity contribution in [1.29, 1.82) is 0 Å². The molecule has 1 fully saturated rings. The number of hydrogen-bond donors (Lipinski definition) is 1. The zero-order chi connectivity index (χ0) is 18.4. The molecule has 0 amide bonds. The molecule has 0 radical (unpaired) electrons. The Bertz CT molecular complexity index is 661. The first-order chi connectivity index (χ1) is 12.6. The minimum absolute atomic E-state index is 0.205. The highest BCUT2D eigenvalue weighted by Crippen LogP contribution is 2.23. The van der Waals surface area contributed by atoms with Gasteiger partial charge in [0.2, 0.25) is 0 Å². The van der Waals surface area contributed by atoms with Gasteiger partial charge >= 0.3 is 0 Å². The van der Waals surface area contributed by atoms with Crippen LogP contribution in [0.3, 0.4) is 0 Å². The first kappa shape index (κ1) is 18.7. The van der Waals surface area contributed by atoms with Gasteiger partial charge in [0, 0.05) is 19.1 Å². The summed E-state index contributed by atoms with van der Waals surface area (Å²) in [4.78, 5) is 2.25. The lowest BCUT2D eigenvalue weighted by atomic mass is 10.2. The number of benzene rings is 2. The van der Waals surface area contributed by atoms with Gasteiger partial charge in [-0.2, -0.15) is 0 Å². The molecule has 0 aliphatic carbocycles. The molecule has 140 valence electrons. The van der Waals surface area contributed by atoms with Crippen LogP contribution in [-0.2, 0) is 4.74 Å². The summed E-state index contributed by atoms with van der Waals surface area (Å²) in [7, 11) is 0. The van der Waals surface area contributed by atoms with Gasteiger partial charge in [-0.3, -0.25) is 4.90 Å². The van der Waals surface area contributed by atoms with Crippen LogP contribution in [0.25, 0.3) is 0 Å². The van der Waals surface area contributed by atoms with Crippen LogP contribution in [0.15, 0.2) is 54.6 Å². The third-order valence-corrected chi connectivity index (χ3v) is 4.43. The van der Waals surface area contributed by atoms with E-state index in [1.807, 2.05) is 54.6 Å². The van der Waals surface area contributed by atoms with E-state index in [2.05, 4.69) is 18.7 Å². The summed E-state index contributed by atoms with van der Waals surface area (Å²) in [5.41, 5.74) is 0. The molecule has 2 aromatic carbocycles. The molecule has 5 nitrogen and oxygen atoms in total. The zero-order valence-electron chi connectivity index (χ0n) is 15.4. The van der Waals surface area contributed by atoms with Gasteiger partial charge in [0.05, 0.1) is 12.7 Å². The van der Waals surface area contributed by atoms with Crippen LogP contribution in [0.4, 0.5) is 0 Å². The molecular weight excluding hydrogens is 330 g/mol. The molecule has 0 bridgehead atoms. The van der Waals surface area contributed by atoms with Crippen LogP contribution in [0.2, 0.25) is 0 Å². The van der Waals surface area contributed by atoms with E-state index in [9.17, 15) is 5.11 Å². The second-order valence-electron chi connectivity index (χ2n) is 6.80. The van der Waals surface area contributed by atoms with Crippen molar-refractivity contribution in [3.63, 3.8) is 0 Å². The van der Waals surface area contributed by atoms with Crippen molar-refractivity contribution in [2.24, 2.45) is 0 Å². The van der Waals surface area contributed by atoms with Gasteiger partial charge in [-0.15, -0.1) is 0 Å². The molecule has 1 aliphatic rings. The summed E-state index contributed by atoms with van der Waals surface area (Å²) < 4.78 is 17.1. The Morgan fingerprint density at radius 2 is 1.69 bits per heavy atom. The number of hydrogen-bond acceptors (Lipinski definition) is 5. The van der Waals surface area contributed by atoms with Crippen LogP contribution in [-0.4, -0.2) is 54.6 Å². The van der Waals surface area contributed by atoms with Crippen molar-refractivity contribution in [3.8, 4) is 17.2 Å². The summed E-state index contributed by atoms with van der Waals surface area (Å²) in [6.07, 6.45) is -0.334. The summed E-state index contributed by atoms with van der Waals surface area (Å²) in [5.74, 6) is 2.26. The molecule has 0 aromatic heterocycles. The number of aliphatic hydroxyl groups is 1. The highest BCUT2D eigenvalue weighted by Gasteiger charge is 2.25. The molecule has 0 spiro atoms. The summed E-state index contributed by atoms with van der Waals surface area (Å²) in [6, 6.07) is 17.4. The van der Waals surface area contributed by atoms with E-state index < -0.39 is 6.10 Å². The molecule has 2 aromatic rings. The van der Waals surface area contributed by atoms with Gasteiger partial charge in [0.25, 0.3) is 0 Å². The monoisotopic (exact) mass is 357 g/mol. The third kappa shape index (κ3) is 5.46. The van der Waals surface area contributed by atoms with Crippen LogP contribution >= 0.6 is 0 Å². The number of morpholine rings is 1. The van der Waals surface area contributed by atoms with E-state index in [0.29, 0.717) is 24.9 Å². The van der Waals surface area contributed by atoms with E-state index >= 15 is 0 Å². The number of nitrogens with zero attached hydrogens (tertiary/aromatic N) is 1. The Balaban J connectivity index is 1.45. The SMILES string of the molecule is C[C@@H]1CN(C[C@@H](O)COc2ccc(Oc3ccccc3)cc2)[C@H](C)CO1. The fourth-order valence-corrected chi connectivity index (χ4v) is 2.97. The Kier molecular flexibility index (Phi) is 6.50. The van der Waals surface area contributed by atoms with Gasteiger partial charge in [-0.1, -0.05) is 18.2 Å². The van der Waals surface area contributed by atoms with Crippen LogP contribution < -0.4 is 9.47 Å². The molecule has 26 heavy (non-hydrogen) atoms. The zero-order valence-corrected chi connectivity index (χ0v) is 15.4. The lowest BCUT2D eigenvalue weighted by Crippen LogP contribution is -2.50. The van der Waals surface area contributed by atoms with E-state index in [-0.39, 0.29) is 12.7 Å². The highest BCUT2D eigenvalue weighted by molar-refractivity contribution is 5.35. The first-order valence-corrected chi connectivity index (χ1v) is 9.09. The molecule has 5 heteroatoms. The molecule has 3 atom stereocenters. The quantitative estimate of drug-likeness (QED) is 0.824. The number of ether oxygens (including phenoxy) is 3. The van der Waals surface area contributed by atoms with E-state index in [1.165, 1.54) is 0 Å². The van der Waals surface area contributed by atoms with Crippen molar-refractivity contribution < 1.29 is 19.3 Å². The third-order valence-electron chi connectivity index (χ3n) is 4.43. The average Bonchev–Trinajstić information content (AvgIpc) is 2.65. The van der Waals surface area contributed by atoms with Crippen LogP contribution in [0.5, 0.6) is 17.2 Å². The van der Waals surface area contributed by atoms with E-state index in [4.69, 9.17) is 14.2 Å². The Morgan fingerprint density at radius 1 is 1.04 bits per heavy atom. The molecule has 1 aliphatic heterocycles. The average molecular weight is 357 g/mol. The van der Waals surface area contributed by atoms with E-state index in [1.54, 1.807) is 0 Å².